The number of hydrogen-bond acceptors (Lipinski definition) is 4. The van der Waals surface area contributed by atoms with Gasteiger partial charge in [-0.1, -0.05) is 0 Å². The number of nitrogens with zero attached hydrogens (tertiary/aromatic N) is 1. The molecule has 0 atom stereocenters. The van der Waals surface area contributed by atoms with Crippen LogP contribution in [-0.2, 0) is 9.59 Å². The van der Waals surface area contributed by atoms with Crippen molar-refractivity contribution in [1.82, 2.24) is 5.32 Å². The van der Waals surface area contributed by atoms with Crippen LogP contribution in [0.25, 0.3) is 0 Å². The fourth-order valence-electron chi connectivity index (χ4n) is 1.53. The first-order valence-electron chi connectivity index (χ1n) is 6.75. The summed E-state index contributed by atoms with van der Waals surface area (Å²) >= 11 is 0. The maximum Gasteiger partial charge on any atom is 0.476 e. The molecule has 0 bridgehead atoms. The van der Waals surface area contributed by atoms with E-state index in [2.05, 4.69) is 12.0 Å². The molecule has 0 aliphatic rings. The van der Waals surface area contributed by atoms with E-state index in [-0.39, 0.29) is 13.2 Å². The first-order valence-corrected chi connectivity index (χ1v) is 6.75. The summed E-state index contributed by atoms with van der Waals surface area (Å²) in [5.41, 5.74) is 0. The van der Waals surface area contributed by atoms with E-state index in [1.165, 1.54) is 0 Å². The van der Waals surface area contributed by atoms with Crippen LogP contribution >= 0.6 is 0 Å². The Morgan fingerprint density at radius 2 is 1.53 bits per heavy atom. The van der Waals surface area contributed by atoms with Crippen molar-refractivity contribution in [3.8, 4) is 0 Å². The lowest BCUT2D eigenvalue weighted by atomic mass is 10.2. The normalized spacial score (nSPS) is 10.2. The van der Waals surface area contributed by atoms with Gasteiger partial charge in [0.2, 0.25) is 0 Å². The molecule has 110 valence electrons. The zero-order valence-electron chi connectivity index (χ0n) is 11.4. The first kappa shape index (κ1) is 17.7. The highest BCUT2D eigenvalue weighted by Crippen LogP contribution is 1.95. The number of aliphatic hydroxyl groups excluding tert-OH is 2. The number of aliphatic hydroxyl groups is 2. The number of amides is 2. The zero-order valence-corrected chi connectivity index (χ0v) is 11.4. The molecule has 0 radical (unpaired) electrons. The number of nitrogens with one attached hydrogen (secondary N) is 1. The Hall–Kier alpha value is -1.27. The zero-order chi connectivity index (χ0) is 14.5. The lowest BCUT2D eigenvalue weighted by Gasteiger charge is -2.02. The van der Waals surface area contributed by atoms with E-state index < -0.39 is 11.8 Å². The topological polar surface area (TPSA) is 89.6 Å². The fourth-order valence-corrected chi connectivity index (χ4v) is 1.53. The van der Waals surface area contributed by atoms with Gasteiger partial charge < -0.3 is 15.5 Å². The molecule has 0 aliphatic carbocycles. The summed E-state index contributed by atoms with van der Waals surface area (Å²) in [6.45, 7) is 4.67. The van der Waals surface area contributed by atoms with Crippen molar-refractivity contribution in [3.63, 3.8) is 0 Å². The third-order valence-electron chi connectivity index (χ3n) is 2.69. The van der Waals surface area contributed by atoms with Gasteiger partial charge in [-0.05, 0) is 32.1 Å². The molecule has 0 saturated carbocycles. The molecule has 6 heteroatoms. The van der Waals surface area contributed by atoms with E-state index in [4.69, 9.17) is 10.2 Å². The second-order valence-corrected chi connectivity index (χ2v) is 4.39. The molecule has 0 unspecified atom stereocenters. The van der Waals surface area contributed by atoms with Crippen molar-refractivity contribution < 1.29 is 24.4 Å². The Morgan fingerprint density at radius 1 is 0.947 bits per heavy atom. The average Bonchev–Trinajstić information content (AvgIpc) is 2.42. The Balaban J connectivity index is 3.72. The summed E-state index contributed by atoms with van der Waals surface area (Å²) in [5.74, 6) is -1.27. The smallest absolute Gasteiger partial charge is 0.396 e. The minimum absolute atomic E-state index is 0.138. The van der Waals surface area contributed by atoms with E-state index in [0.29, 0.717) is 25.9 Å². The van der Waals surface area contributed by atoms with Crippen molar-refractivity contribution in [2.45, 2.75) is 38.5 Å². The molecule has 0 aliphatic heterocycles. The maximum atomic E-state index is 11.6. The molecule has 0 fully saturated rings. The quantitative estimate of drug-likeness (QED) is 0.220. The van der Waals surface area contributed by atoms with Gasteiger partial charge >= 0.3 is 11.8 Å². The van der Waals surface area contributed by atoms with E-state index in [1.54, 1.807) is 0 Å². The van der Waals surface area contributed by atoms with Crippen LogP contribution in [0.1, 0.15) is 38.5 Å². The fraction of sp³-hybridized carbons (Fsp3) is 0.769. The van der Waals surface area contributed by atoms with Crippen LogP contribution in [0.15, 0.2) is 0 Å². The first-order chi connectivity index (χ1) is 9.13. The molecular weight excluding hydrogens is 248 g/mol. The number of rotatable bonds is 10. The summed E-state index contributed by atoms with van der Waals surface area (Å²) in [5, 5.41) is 19.7. The third-order valence-corrected chi connectivity index (χ3v) is 2.69. The second kappa shape index (κ2) is 11.8. The van der Waals surface area contributed by atoms with Gasteiger partial charge in [0.1, 0.15) is 6.72 Å². The van der Waals surface area contributed by atoms with E-state index in [9.17, 15) is 9.59 Å². The van der Waals surface area contributed by atoms with Crippen LogP contribution in [-0.4, -0.2) is 59.6 Å². The van der Waals surface area contributed by atoms with Crippen molar-refractivity contribution in [2.24, 2.45) is 0 Å². The molecule has 0 aromatic heterocycles. The van der Waals surface area contributed by atoms with Crippen LogP contribution in [0, 0.1) is 0 Å². The second-order valence-electron chi connectivity index (χ2n) is 4.39. The molecule has 0 spiro atoms. The van der Waals surface area contributed by atoms with Gasteiger partial charge in [-0.3, -0.25) is 4.79 Å². The summed E-state index contributed by atoms with van der Waals surface area (Å²) < 4.78 is 1.15. The predicted molar refractivity (Wildman–Crippen MR) is 72.1 cm³/mol. The van der Waals surface area contributed by atoms with Gasteiger partial charge in [-0.2, -0.15) is 4.58 Å². The molecular formula is C13H25N2O4+. The predicted octanol–water partition coefficient (Wildman–Crippen LogP) is -0.332. The lowest BCUT2D eigenvalue weighted by Crippen LogP contribution is -2.38. The lowest BCUT2D eigenvalue weighted by molar-refractivity contribution is -0.436. The highest BCUT2D eigenvalue weighted by Gasteiger charge is 2.23. The summed E-state index contributed by atoms with van der Waals surface area (Å²) in [6, 6.07) is 0. The molecule has 0 heterocycles. The Bertz CT molecular complexity index is 292. The minimum atomic E-state index is -0.638. The Labute approximate surface area is 114 Å². The summed E-state index contributed by atoms with van der Waals surface area (Å²) in [4.78, 5) is 23.1. The van der Waals surface area contributed by atoms with Crippen LogP contribution in [0.4, 0.5) is 0 Å². The van der Waals surface area contributed by atoms with Gasteiger partial charge in [-0.15, -0.1) is 0 Å². The monoisotopic (exact) mass is 273 g/mol. The maximum absolute atomic E-state index is 11.6. The minimum Gasteiger partial charge on any atom is -0.396 e. The Kier molecular flexibility index (Phi) is 11.0. The van der Waals surface area contributed by atoms with Crippen LogP contribution in [0.2, 0.25) is 0 Å². The van der Waals surface area contributed by atoms with Crippen molar-refractivity contribution in [1.29, 1.82) is 0 Å². The molecule has 0 saturated heterocycles. The van der Waals surface area contributed by atoms with Crippen molar-refractivity contribution in [3.05, 3.63) is 0 Å². The van der Waals surface area contributed by atoms with Crippen LogP contribution in [0.5, 0.6) is 0 Å². The highest BCUT2D eigenvalue weighted by molar-refractivity contribution is 6.31. The van der Waals surface area contributed by atoms with Gasteiger partial charge in [0.15, 0.2) is 6.54 Å². The molecule has 0 aromatic rings. The Morgan fingerprint density at radius 3 is 2.11 bits per heavy atom. The standard InChI is InChI=1S/C13H24N2O4/c1-15(9-5-3-7-11-17)13(19)12(18)14-8-4-2-6-10-16/h16-17H,1-11H2/p+1. The summed E-state index contributed by atoms with van der Waals surface area (Å²) in [6.07, 6.45) is 4.49. The SMILES string of the molecule is C=[N+](CCCCCO)C(=O)C(=O)NCCCCCO. The highest BCUT2D eigenvalue weighted by atomic mass is 16.3. The van der Waals surface area contributed by atoms with Gasteiger partial charge in [-0.25, -0.2) is 4.79 Å². The van der Waals surface area contributed by atoms with Crippen molar-refractivity contribution >= 4 is 18.5 Å². The number of unbranched alkanes of at least 4 members (excludes halogenated alkanes) is 4. The van der Waals surface area contributed by atoms with Crippen LogP contribution in [0.3, 0.4) is 0 Å². The van der Waals surface area contributed by atoms with E-state index >= 15 is 0 Å². The molecule has 2 amide bonds. The average molecular weight is 273 g/mol. The molecule has 3 N–H and O–H groups in total. The van der Waals surface area contributed by atoms with E-state index in [0.717, 1.165) is 30.3 Å². The van der Waals surface area contributed by atoms with E-state index in [1.807, 2.05) is 0 Å². The third kappa shape index (κ3) is 9.32. The number of carbonyl (C=O) groups is 2. The molecule has 0 aromatic carbocycles. The van der Waals surface area contributed by atoms with Gasteiger partial charge in [0.25, 0.3) is 0 Å². The molecule has 0 rings (SSSR count). The molecule has 6 nitrogen and oxygen atoms in total. The molecule has 19 heavy (non-hydrogen) atoms. The largest absolute Gasteiger partial charge is 0.476 e. The van der Waals surface area contributed by atoms with Crippen molar-refractivity contribution in [2.75, 3.05) is 26.3 Å². The number of hydrogen-bond donors (Lipinski definition) is 3. The summed E-state index contributed by atoms with van der Waals surface area (Å²) in [7, 11) is 0. The van der Waals surface area contributed by atoms with Gasteiger partial charge in [0, 0.05) is 26.2 Å². The van der Waals surface area contributed by atoms with Gasteiger partial charge in [0.05, 0.1) is 0 Å². The van der Waals surface area contributed by atoms with Crippen LogP contribution < -0.4 is 5.32 Å². The number of carbonyl (C=O) groups excluding carboxylic acids is 2.